The number of hydrogen-bond donors (Lipinski definition) is 0. The highest BCUT2D eigenvalue weighted by Gasteiger charge is 2.43. The molecule has 0 saturated carbocycles. The summed E-state index contributed by atoms with van der Waals surface area (Å²) in [6.07, 6.45) is 1.76. The lowest BCUT2D eigenvalue weighted by molar-refractivity contribution is -0.606. The van der Waals surface area contributed by atoms with Gasteiger partial charge in [0.25, 0.3) is 0 Å². The number of nitrogens with zero attached hydrogens (tertiary/aromatic N) is 1. The van der Waals surface area contributed by atoms with Gasteiger partial charge in [-0.1, -0.05) is 0 Å². The molecule has 2 aromatic rings. The van der Waals surface area contributed by atoms with Crippen LogP contribution in [-0.4, -0.2) is 39.8 Å². The van der Waals surface area contributed by atoms with Gasteiger partial charge in [-0.25, -0.2) is 9.59 Å². The van der Waals surface area contributed by atoms with Gasteiger partial charge in [0.2, 0.25) is 11.4 Å². The van der Waals surface area contributed by atoms with Crippen molar-refractivity contribution in [3.8, 4) is 17.2 Å². The summed E-state index contributed by atoms with van der Waals surface area (Å²) in [4.78, 5) is 25.9. The Morgan fingerprint density at radius 1 is 1.14 bits per heavy atom. The van der Waals surface area contributed by atoms with Crippen molar-refractivity contribution in [2.75, 3.05) is 27.9 Å². The lowest BCUT2D eigenvalue weighted by Gasteiger charge is -2.12. The third kappa shape index (κ3) is 3.47. The zero-order chi connectivity index (χ0) is 20.4. The number of carbonyl (C=O) groups is 2. The summed E-state index contributed by atoms with van der Waals surface area (Å²) in [7, 11) is 4.61. The van der Waals surface area contributed by atoms with Crippen molar-refractivity contribution in [3.63, 3.8) is 0 Å². The molecule has 1 aliphatic rings. The van der Waals surface area contributed by atoms with Crippen LogP contribution in [0.3, 0.4) is 0 Å². The van der Waals surface area contributed by atoms with Gasteiger partial charge in [-0.2, -0.15) is 0 Å². The maximum absolute atomic E-state index is 12.9. The summed E-state index contributed by atoms with van der Waals surface area (Å²) < 4.78 is 23.4. The quantitative estimate of drug-likeness (QED) is 0.402. The predicted octanol–water partition coefficient (Wildman–Crippen LogP) is 3.33. The standard InChI is InChI=1S/C19H20NO6S2/c1-6-26-18(22)16-10(2)20-17(21)14(27-19(20)28-16)9-11-7-12(23-3)15(25-5)13(8-11)24-4/h7-9H,6H2,1-5H3/q+1/b14-9-. The molecule has 9 heteroatoms. The van der Waals surface area contributed by atoms with Crippen molar-refractivity contribution in [3.05, 3.63) is 33.2 Å². The van der Waals surface area contributed by atoms with E-state index in [4.69, 9.17) is 18.9 Å². The number of allylic oxidation sites excluding steroid dienone is 1. The van der Waals surface area contributed by atoms with E-state index in [0.717, 1.165) is 9.90 Å². The Bertz CT molecular complexity index is 954. The highest BCUT2D eigenvalue weighted by Crippen LogP contribution is 2.41. The Kier molecular flexibility index (Phi) is 5.95. The van der Waals surface area contributed by atoms with Gasteiger partial charge in [-0.3, -0.25) is 0 Å². The second kappa shape index (κ2) is 8.24. The van der Waals surface area contributed by atoms with Crippen LogP contribution < -0.4 is 18.8 Å². The van der Waals surface area contributed by atoms with Gasteiger partial charge in [-0.05, 0) is 42.0 Å². The number of fused-ring (bicyclic) bond motifs is 1. The van der Waals surface area contributed by atoms with Crippen LogP contribution in [0.25, 0.3) is 6.08 Å². The molecule has 0 N–H and O–H groups in total. The Labute approximate surface area is 170 Å². The number of benzene rings is 1. The number of thiazole rings is 1. The van der Waals surface area contributed by atoms with Crippen molar-refractivity contribution in [2.45, 2.75) is 18.2 Å². The van der Waals surface area contributed by atoms with Gasteiger partial charge >= 0.3 is 16.2 Å². The molecule has 148 valence electrons. The first-order valence-corrected chi connectivity index (χ1v) is 10.0. The number of thioether (sulfide) groups is 1. The Morgan fingerprint density at radius 2 is 1.79 bits per heavy atom. The van der Waals surface area contributed by atoms with E-state index in [2.05, 4.69) is 0 Å². The molecular weight excluding hydrogens is 402 g/mol. The fourth-order valence-electron chi connectivity index (χ4n) is 2.81. The molecule has 1 aromatic heterocycles. The molecule has 0 amide bonds. The van der Waals surface area contributed by atoms with Crippen molar-refractivity contribution in [1.29, 1.82) is 0 Å². The number of rotatable bonds is 6. The minimum absolute atomic E-state index is 0.182. The molecule has 1 aliphatic heterocycles. The van der Waals surface area contributed by atoms with Crippen molar-refractivity contribution in [2.24, 2.45) is 0 Å². The van der Waals surface area contributed by atoms with Crippen LogP contribution in [0.1, 0.15) is 32.6 Å². The molecule has 28 heavy (non-hydrogen) atoms. The fourth-order valence-corrected chi connectivity index (χ4v) is 5.23. The lowest BCUT2D eigenvalue weighted by atomic mass is 10.1. The van der Waals surface area contributed by atoms with Crippen LogP contribution in [0.2, 0.25) is 0 Å². The zero-order valence-electron chi connectivity index (χ0n) is 16.2. The van der Waals surface area contributed by atoms with E-state index >= 15 is 0 Å². The first kappa shape index (κ1) is 20.2. The summed E-state index contributed by atoms with van der Waals surface area (Å²) in [5.74, 6) is 0.911. The summed E-state index contributed by atoms with van der Waals surface area (Å²) in [5, 5.41) is 0. The number of methoxy groups -OCH3 is 3. The average molecular weight is 423 g/mol. The number of esters is 1. The Morgan fingerprint density at radius 3 is 2.29 bits per heavy atom. The van der Waals surface area contributed by atoms with Gasteiger partial charge in [0.15, 0.2) is 16.4 Å². The van der Waals surface area contributed by atoms with Gasteiger partial charge in [0.1, 0.15) is 4.91 Å². The molecule has 0 saturated heterocycles. The third-order valence-corrected chi connectivity index (χ3v) is 6.49. The monoisotopic (exact) mass is 422 g/mol. The normalized spacial score (nSPS) is 14.2. The SMILES string of the molecule is CCOC(=O)c1sc2[n+](c1C)C(=O)/C(=C/c1cc(OC)c(OC)c(OC)c1)S2. The number of aromatic nitrogens is 1. The largest absolute Gasteiger partial charge is 0.493 e. The van der Waals surface area contributed by atoms with Crippen molar-refractivity contribution < 1.29 is 33.1 Å². The van der Waals surface area contributed by atoms with Crippen molar-refractivity contribution >= 4 is 41.1 Å². The molecule has 0 spiro atoms. The first-order valence-electron chi connectivity index (χ1n) is 8.41. The molecule has 0 unspecified atom stereocenters. The molecule has 0 fully saturated rings. The molecular formula is C19H20NO6S2+. The van der Waals surface area contributed by atoms with E-state index in [0.29, 0.717) is 39.3 Å². The molecule has 0 bridgehead atoms. The van der Waals surface area contributed by atoms with Gasteiger partial charge in [0, 0.05) is 18.7 Å². The Hall–Kier alpha value is -2.52. The molecule has 0 aliphatic carbocycles. The first-order chi connectivity index (χ1) is 13.4. The molecule has 7 nitrogen and oxygen atoms in total. The summed E-state index contributed by atoms with van der Waals surface area (Å²) in [6.45, 7) is 3.78. The maximum Gasteiger partial charge on any atom is 0.433 e. The fraction of sp³-hybridized carbons (Fsp3) is 0.316. The smallest absolute Gasteiger partial charge is 0.433 e. The molecule has 3 rings (SSSR count). The maximum atomic E-state index is 12.9. The summed E-state index contributed by atoms with van der Waals surface area (Å²) >= 11 is 2.58. The Balaban J connectivity index is 1.97. The van der Waals surface area contributed by atoms with Crippen LogP contribution in [0.5, 0.6) is 17.2 Å². The molecule has 2 heterocycles. The zero-order valence-corrected chi connectivity index (χ0v) is 17.8. The summed E-state index contributed by atoms with van der Waals surface area (Å²) in [6, 6.07) is 3.55. The number of hydrogen-bond acceptors (Lipinski definition) is 8. The van der Waals surface area contributed by atoms with Crippen LogP contribution in [0.4, 0.5) is 0 Å². The third-order valence-electron chi connectivity index (χ3n) is 4.09. The average Bonchev–Trinajstić information content (AvgIpc) is 3.17. The molecule has 1 aromatic carbocycles. The minimum atomic E-state index is -0.407. The van der Waals surface area contributed by atoms with E-state index in [1.165, 1.54) is 44.4 Å². The topological polar surface area (TPSA) is 74.9 Å². The van der Waals surface area contributed by atoms with Gasteiger partial charge in [0.05, 0.1) is 27.9 Å². The highest BCUT2D eigenvalue weighted by atomic mass is 32.2. The van der Waals surface area contributed by atoms with Crippen LogP contribution in [-0.2, 0) is 4.74 Å². The van der Waals surface area contributed by atoms with Crippen LogP contribution in [0.15, 0.2) is 21.4 Å². The lowest BCUT2D eigenvalue weighted by Crippen LogP contribution is -2.41. The van der Waals surface area contributed by atoms with E-state index in [9.17, 15) is 9.59 Å². The highest BCUT2D eigenvalue weighted by molar-refractivity contribution is 8.05. The van der Waals surface area contributed by atoms with Gasteiger partial charge < -0.3 is 18.9 Å². The molecule has 0 atom stereocenters. The number of carbonyl (C=O) groups excluding carboxylic acids is 2. The molecule has 0 radical (unpaired) electrons. The second-order valence-corrected chi connectivity index (χ2v) is 8.00. The minimum Gasteiger partial charge on any atom is -0.493 e. The number of ether oxygens (including phenoxy) is 4. The van der Waals surface area contributed by atoms with Crippen LogP contribution >= 0.6 is 23.1 Å². The van der Waals surface area contributed by atoms with E-state index < -0.39 is 5.97 Å². The predicted molar refractivity (Wildman–Crippen MR) is 106 cm³/mol. The van der Waals surface area contributed by atoms with E-state index in [1.54, 1.807) is 36.6 Å². The van der Waals surface area contributed by atoms with Gasteiger partial charge in [-0.15, -0.1) is 4.57 Å². The van der Waals surface area contributed by atoms with Crippen molar-refractivity contribution in [1.82, 2.24) is 0 Å². The van der Waals surface area contributed by atoms with E-state index in [1.807, 2.05) is 0 Å². The summed E-state index contributed by atoms with van der Waals surface area (Å²) in [5.41, 5.74) is 1.33. The van der Waals surface area contributed by atoms with Crippen LogP contribution in [0, 0.1) is 6.92 Å². The van der Waals surface area contributed by atoms with E-state index in [-0.39, 0.29) is 5.91 Å². The second-order valence-electron chi connectivity index (χ2n) is 5.71.